The molecule has 1 N–H and O–H groups in total. The van der Waals surface area contributed by atoms with Gasteiger partial charge in [0.15, 0.2) is 17.5 Å². The molecule has 0 bridgehead atoms. The molecule has 0 saturated heterocycles. The third-order valence-electron chi connectivity index (χ3n) is 1.82. The van der Waals surface area contributed by atoms with Crippen molar-refractivity contribution in [2.45, 2.75) is 6.42 Å². The molecule has 1 rings (SSSR count). The van der Waals surface area contributed by atoms with E-state index in [0.29, 0.717) is 13.0 Å². The van der Waals surface area contributed by atoms with Crippen molar-refractivity contribution in [2.24, 2.45) is 0 Å². The Morgan fingerprint density at radius 2 is 1.86 bits per heavy atom. The summed E-state index contributed by atoms with van der Waals surface area (Å²) in [5, 5.41) is 2.80. The van der Waals surface area contributed by atoms with E-state index in [0.717, 1.165) is 0 Å². The van der Waals surface area contributed by atoms with Crippen molar-refractivity contribution in [3.63, 3.8) is 0 Å². The van der Waals surface area contributed by atoms with Gasteiger partial charge in [-0.2, -0.15) is 0 Å². The van der Waals surface area contributed by atoms with Gasteiger partial charge in [-0.15, -0.1) is 0 Å². The molecule has 1 aromatic rings. The second-order valence-corrected chi connectivity index (χ2v) is 3.67. The van der Waals surface area contributed by atoms with E-state index in [9.17, 15) is 13.2 Å². The average molecular weight is 268 g/mol. The molecule has 0 unspecified atom stereocenters. The number of likely N-dealkylation sites (N-methyl/N-ethyl adjacent to an activating group) is 1. The van der Waals surface area contributed by atoms with Crippen LogP contribution in [0.4, 0.5) is 13.2 Å². The maximum Gasteiger partial charge on any atom is 0.195 e. The first-order valence-electron chi connectivity index (χ1n) is 4.04. The normalized spacial score (nSPS) is 10.6. The first kappa shape index (κ1) is 11.5. The van der Waals surface area contributed by atoms with Crippen LogP contribution in [0.2, 0.25) is 0 Å². The van der Waals surface area contributed by atoms with Crippen molar-refractivity contribution in [1.82, 2.24) is 5.32 Å². The van der Waals surface area contributed by atoms with Crippen LogP contribution in [0.3, 0.4) is 0 Å². The molecule has 0 fully saturated rings. The van der Waals surface area contributed by atoms with E-state index in [1.54, 1.807) is 7.05 Å². The van der Waals surface area contributed by atoms with Gasteiger partial charge in [0.25, 0.3) is 0 Å². The van der Waals surface area contributed by atoms with E-state index in [1.807, 2.05) is 0 Å². The summed E-state index contributed by atoms with van der Waals surface area (Å²) in [6.45, 7) is 0.508. The summed E-state index contributed by atoms with van der Waals surface area (Å²) in [4.78, 5) is 0. The van der Waals surface area contributed by atoms with Crippen molar-refractivity contribution in [2.75, 3.05) is 13.6 Å². The molecule has 14 heavy (non-hydrogen) atoms. The largest absolute Gasteiger partial charge is 0.319 e. The van der Waals surface area contributed by atoms with Crippen LogP contribution in [0, 0.1) is 17.5 Å². The minimum Gasteiger partial charge on any atom is -0.319 e. The van der Waals surface area contributed by atoms with Gasteiger partial charge in [-0.1, -0.05) is 0 Å². The van der Waals surface area contributed by atoms with Crippen molar-refractivity contribution >= 4 is 15.9 Å². The molecule has 0 aliphatic heterocycles. The highest BCUT2D eigenvalue weighted by Gasteiger charge is 2.16. The van der Waals surface area contributed by atoms with Crippen molar-refractivity contribution in [3.8, 4) is 0 Å². The molecule has 1 nitrogen and oxygen atoms in total. The molecular formula is C9H9BrF3N. The maximum atomic E-state index is 13.1. The number of rotatable bonds is 3. The van der Waals surface area contributed by atoms with Gasteiger partial charge in [0.2, 0.25) is 0 Å². The highest BCUT2D eigenvalue weighted by atomic mass is 79.9. The van der Waals surface area contributed by atoms with E-state index < -0.39 is 17.5 Å². The zero-order valence-electron chi connectivity index (χ0n) is 7.50. The van der Waals surface area contributed by atoms with Crippen LogP contribution >= 0.6 is 15.9 Å². The molecule has 0 aliphatic carbocycles. The fourth-order valence-electron chi connectivity index (χ4n) is 1.06. The van der Waals surface area contributed by atoms with Crippen molar-refractivity contribution in [3.05, 3.63) is 33.6 Å². The second kappa shape index (κ2) is 4.79. The smallest absolute Gasteiger partial charge is 0.195 e. The molecule has 0 radical (unpaired) electrons. The van der Waals surface area contributed by atoms with Gasteiger partial charge in [-0.05, 0) is 47.6 Å². The van der Waals surface area contributed by atoms with Crippen LogP contribution in [0.1, 0.15) is 5.56 Å². The SMILES string of the molecule is CNCCc1cc(Br)c(F)c(F)c1F. The Kier molecular flexibility index (Phi) is 3.95. The topological polar surface area (TPSA) is 12.0 Å². The Morgan fingerprint density at radius 1 is 1.21 bits per heavy atom. The maximum absolute atomic E-state index is 13.1. The molecule has 0 spiro atoms. The Balaban J connectivity index is 3.06. The van der Waals surface area contributed by atoms with E-state index in [-0.39, 0.29) is 10.0 Å². The highest BCUT2D eigenvalue weighted by molar-refractivity contribution is 9.10. The number of halogens is 4. The molecule has 5 heteroatoms. The zero-order chi connectivity index (χ0) is 10.7. The molecular weight excluding hydrogens is 259 g/mol. The first-order valence-corrected chi connectivity index (χ1v) is 4.83. The highest BCUT2D eigenvalue weighted by Crippen LogP contribution is 2.23. The van der Waals surface area contributed by atoms with Gasteiger partial charge in [-0.25, -0.2) is 13.2 Å². The molecule has 0 atom stereocenters. The van der Waals surface area contributed by atoms with Crippen LogP contribution in [-0.4, -0.2) is 13.6 Å². The van der Waals surface area contributed by atoms with Crippen LogP contribution in [0.25, 0.3) is 0 Å². The lowest BCUT2D eigenvalue weighted by atomic mass is 10.1. The first-order chi connectivity index (χ1) is 6.57. The summed E-state index contributed by atoms with van der Waals surface area (Å²) in [5.74, 6) is -3.72. The minimum absolute atomic E-state index is 0.0532. The predicted molar refractivity (Wildman–Crippen MR) is 51.6 cm³/mol. The Labute approximate surface area is 88.4 Å². The molecule has 0 saturated carbocycles. The lowest BCUT2D eigenvalue weighted by Crippen LogP contribution is -2.12. The fourth-order valence-corrected chi connectivity index (χ4v) is 1.51. The second-order valence-electron chi connectivity index (χ2n) is 2.81. The van der Waals surface area contributed by atoms with E-state index in [2.05, 4.69) is 21.2 Å². The van der Waals surface area contributed by atoms with Gasteiger partial charge in [0.05, 0.1) is 4.47 Å². The molecule has 0 amide bonds. The number of nitrogens with one attached hydrogen (secondary N) is 1. The number of hydrogen-bond acceptors (Lipinski definition) is 1. The lowest BCUT2D eigenvalue weighted by Gasteiger charge is -2.05. The van der Waals surface area contributed by atoms with Crippen LogP contribution in [0.5, 0.6) is 0 Å². The van der Waals surface area contributed by atoms with E-state index >= 15 is 0 Å². The molecule has 0 aliphatic rings. The molecule has 0 aromatic heterocycles. The summed E-state index contributed by atoms with van der Waals surface area (Å²) in [6.07, 6.45) is 0.318. The Hall–Kier alpha value is -0.550. The third kappa shape index (κ3) is 2.27. The van der Waals surface area contributed by atoms with Gasteiger partial charge in [0.1, 0.15) is 0 Å². The van der Waals surface area contributed by atoms with Crippen LogP contribution in [-0.2, 0) is 6.42 Å². The molecule has 78 valence electrons. The minimum atomic E-state index is -1.43. The Bertz CT molecular complexity index is 341. The summed E-state index contributed by atoms with van der Waals surface area (Å²) >= 11 is 2.82. The standard InChI is InChI=1S/C9H9BrF3N/c1-14-3-2-5-4-6(10)8(12)9(13)7(5)11/h4,14H,2-3H2,1H3. The van der Waals surface area contributed by atoms with Crippen molar-refractivity contribution < 1.29 is 13.2 Å². The number of benzene rings is 1. The van der Waals surface area contributed by atoms with Crippen LogP contribution < -0.4 is 5.32 Å². The van der Waals surface area contributed by atoms with E-state index in [1.165, 1.54) is 6.07 Å². The summed E-state index contributed by atoms with van der Waals surface area (Å²) < 4.78 is 38.7. The summed E-state index contributed by atoms with van der Waals surface area (Å²) in [6, 6.07) is 1.26. The molecule has 0 heterocycles. The lowest BCUT2D eigenvalue weighted by molar-refractivity contribution is 0.437. The summed E-state index contributed by atoms with van der Waals surface area (Å²) in [5.41, 5.74) is 0.158. The fraction of sp³-hybridized carbons (Fsp3) is 0.333. The molecule has 1 aromatic carbocycles. The Morgan fingerprint density at radius 3 is 2.43 bits per heavy atom. The van der Waals surface area contributed by atoms with Gasteiger partial charge < -0.3 is 5.32 Å². The zero-order valence-corrected chi connectivity index (χ0v) is 9.09. The van der Waals surface area contributed by atoms with Gasteiger partial charge in [-0.3, -0.25) is 0 Å². The number of hydrogen-bond donors (Lipinski definition) is 1. The third-order valence-corrected chi connectivity index (χ3v) is 2.40. The van der Waals surface area contributed by atoms with E-state index in [4.69, 9.17) is 0 Å². The monoisotopic (exact) mass is 267 g/mol. The quantitative estimate of drug-likeness (QED) is 0.656. The van der Waals surface area contributed by atoms with Gasteiger partial charge >= 0.3 is 0 Å². The predicted octanol–water partition coefficient (Wildman–Crippen LogP) is 2.63. The van der Waals surface area contributed by atoms with Gasteiger partial charge in [0, 0.05) is 0 Å². The van der Waals surface area contributed by atoms with Crippen molar-refractivity contribution in [1.29, 1.82) is 0 Å². The summed E-state index contributed by atoms with van der Waals surface area (Å²) in [7, 11) is 1.70. The van der Waals surface area contributed by atoms with Crippen LogP contribution in [0.15, 0.2) is 10.5 Å². The average Bonchev–Trinajstić information content (AvgIpc) is 2.18.